The second kappa shape index (κ2) is 7.53. The number of benzene rings is 1. The first-order chi connectivity index (χ1) is 11.6. The van der Waals surface area contributed by atoms with Gasteiger partial charge in [-0.15, -0.1) is 0 Å². The number of rotatable bonds is 6. The van der Waals surface area contributed by atoms with Gasteiger partial charge in [-0.05, 0) is 30.2 Å². The van der Waals surface area contributed by atoms with Crippen molar-refractivity contribution in [2.24, 2.45) is 0 Å². The molecule has 0 N–H and O–H groups in total. The largest absolute Gasteiger partial charge is 0.435 e. The first kappa shape index (κ1) is 16.6. The number of alkyl halides is 2. The molecule has 0 amide bonds. The predicted molar refractivity (Wildman–Crippen MR) is 87.2 cm³/mol. The van der Waals surface area contributed by atoms with Gasteiger partial charge in [0.15, 0.2) is 0 Å². The third kappa shape index (κ3) is 4.17. The van der Waals surface area contributed by atoms with E-state index in [0.717, 1.165) is 30.9 Å². The lowest BCUT2D eigenvalue weighted by Crippen LogP contribution is -2.34. The molecule has 0 saturated carbocycles. The summed E-state index contributed by atoms with van der Waals surface area (Å²) >= 11 is 0. The minimum atomic E-state index is -2.79. The van der Waals surface area contributed by atoms with E-state index in [1.165, 1.54) is 0 Å². The minimum Gasteiger partial charge on any atom is -0.435 e. The van der Waals surface area contributed by atoms with Crippen molar-refractivity contribution in [1.82, 2.24) is 14.9 Å². The summed E-state index contributed by atoms with van der Waals surface area (Å²) in [5, 5.41) is 0. The number of likely N-dealkylation sites (tertiary alicyclic amines) is 1. The van der Waals surface area contributed by atoms with Gasteiger partial charge in [-0.2, -0.15) is 8.78 Å². The quantitative estimate of drug-likeness (QED) is 0.812. The molecular formula is C17H20F2N4O. The molecule has 24 heavy (non-hydrogen) atoms. The highest BCUT2D eigenvalue weighted by molar-refractivity contribution is 5.37. The summed E-state index contributed by atoms with van der Waals surface area (Å²) in [5.74, 6) is 1.11. The number of ether oxygens (including phenoxy) is 1. The highest BCUT2D eigenvalue weighted by atomic mass is 19.3. The van der Waals surface area contributed by atoms with Crippen LogP contribution in [0.2, 0.25) is 0 Å². The molecule has 3 rings (SSSR count). The molecule has 1 fully saturated rings. The van der Waals surface area contributed by atoms with Crippen molar-refractivity contribution in [3.05, 3.63) is 48.4 Å². The molecule has 128 valence electrons. The van der Waals surface area contributed by atoms with Gasteiger partial charge < -0.3 is 9.64 Å². The highest BCUT2D eigenvalue weighted by Gasteiger charge is 2.26. The molecule has 0 aliphatic carbocycles. The molecule has 1 aromatic carbocycles. The van der Waals surface area contributed by atoms with Gasteiger partial charge in [0.05, 0.1) is 0 Å². The van der Waals surface area contributed by atoms with Gasteiger partial charge in [-0.25, -0.2) is 9.97 Å². The van der Waals surface area contributed by atoms with E-state index in [4.69, 9.17) is 0 Å². The minimum absolute atomic E-state index is 0.205. The van der Waals surface area contributed by atoms with E-state index >= 15 is 0 Å². The van der Waals surface area contributed by atoms with Crippen LogP contribution in [0, 0.1) is 0 Å². The maximum atomic E-state index is 12.3. The Bertz CT molecular complexity index is 656. The number of aromatic nitrogens is 2. The van der Waals surface area contributed by atoms with E-state index in [-0.39, 0.29) is 5.75 Å². The van der Waals surface area contributed by atoms with Crippen molar-refractivity contribution in [1.29, 1.82) is 0 Å². The fourth-order valence-electron chi connectivity index (χ4n) is 3.03. The van der Waals surface area contributed by atoms with Crippen LogP contribution in [0.15, 0.2) is 42.9 Å². The average Bonchev–Trinajstić information content (AvgIpc) is 3.03. The summed E-state index contributed by atoms with van der Waals surface area (Å²) in [7, 11) is 2.04. The first-order valence-corrected chi connectivity index (χ1v) is 7.87. The SMILES string of the molecule is CN(c1ccncn1)C1CCN(Cc2cccc(OC(F)F)c2)C1. The molecular weight excluding hydrogens is 314 g/mol. The number of likely N-dealkylation sites (N-methyl/N-ethyl adjacent to an activating group) is 1. The monoisotopic (exact) mass is 334 g/mol. The molecule has 0 bridgehead atoms. The Morgan fingerprint density at radius 1 is 1.38 bits per heavy atom. The van der Waals surface area contributed by atoms with Crippen LogP contribution in [0.3, 0.4) is 0 Å². The zero-order chi connectivity index (χ0) is 16.9. The smallest absolute Gasteiger partial charge is 0.387 e. The third-order valence-corrected chi connectivity index (χ3v) is 4.25. The van der Waals surface area contributed by atoms with Crippen LogP contribution in [-0.2, 0) is 6.54 Å². The van der Waals surface area contributed by atoms with E-state index in [1.54, 1.807) is 30.7 Å². The topological polar surface area (TPSA) is 41.5 Å². The third-order valence-electron chi connectivity index (χ3n) is 4.25. The second-order valence-electron chi connectivity index (χ2n) is 5.88. The number of hydrogen-bond acceptors (Lipinski definition) is 5. The Hall–Kier alpha value is -2.28. The molecule has 1 aliphatic heterocycles. The zero-order valence-electron chi connectivity index (χ0n) is 13.5. The van der Waals surface area contributed by atoms with Crippen LogP contribution in [0.4, 0.5) is 14.6 Å². The van der Waals surface area contributed by atoms with Crippen LogP contribution in [0.5, 0.6) is 5.75 Å². The molecule has 7 heteroatoms. The fraction of sp³-hybridized carbons (Fsp3) is 0.412. The van der Waals surface area contributed by atoms with Crippen LogP contribution in [0.25, 0.3) is 0 Å². The van der Waals surface area contributed by atoms with Crippen molar-refractivity contribution in [3.8, 4) is 5.75 Å². The lowest BCUT2D eigenvalue weighted by Gasteiger charge is -2.25. The summed E-state index contributed by atoms with van der Waals surface area (Å²) in [5.41, 5.74) is 0.971. The Labute approximate surface area is 139 Å². The molecule has 0 radical (unpaired) electrons. The lowest BCUT2D eigenvalue weighted by molar-refractivity contribution is -0.0499. The van der Waals surface area contributed by atoms with E-state index in [9.17, 15) is 8.78 Å². The number of nitrogens with zero attached hydrogens (tertiary/aromatic N) is 4. The maximum Gasteiger partial charge on any atom is 0.387 e. The van der Waals surface area contributed by atoms with E-state index < -0.39 is 6.61 Å². The maximum absolute atomic E-state index is 12.3. The molecule has 1 atom stereocenters. The molecule has 0 spiro atoms. The molecule has 2 aromatic rings. The van der Waals surface area contributed by atoms with E-state index in [2.05, 4.69) is 24.5 Å². The van der Waals surface area contributed by atoms with Crippen LogP contribution >= 0.6 is 0 Å². The van der Waals surface area contributed by atoms with Crippen molar-refractivity contribution in [3.63, 3.8) is 0 Å². The van der Waals surface area contributed by atoms with Gasteiger partial charge in [0, 0.05) is 38.9 Å². The number of hydrogen-bond donors (Lipinski definition) is 0. The van der Waals surface area contributed by atoms with Gasteiger partial charge in [-0.1, -0.05) is 12.1 Å². The van der Waals surface area contributed by atoms with Gasteiger partial charge in [-0.3, -0.25) is 4.90 Å². The van der Waals surface area contributed by atoms with Gasteiger partial charge in [0.2, 0.25) is 0 Å². The Kier molecular flexibility index (Phi) is 5.20. The van der Waals surface area contributed by atoms with E-state index in [1.807, 2.05) is 19.2 Å². The van der Waals surface area contributed by atoms with Crippen molar-refractivity contribution in [2.75, 3.05) is 25.0 Å². The summed E-state index contributed by atoms with van der Waals surface area (Å²) < 4.78 is 29.1. The van der Waals surface area contributed by atoms with Crippen LogP contribution in [-0.4, -0.2) is 47.7 Å². The van der Waals surface area contributed by atoms with Crippen molar-refractivity contribution >= 4 is 5.82 Å². The zero-order valence-corrected chi connectivity index (χ0v) is 13.5. The van der Waals surface area contributed by atoms with Gasteiger partial charge in [0.1, 0.15) is 17.9 Å². The summed E-state index contributed by atoms with van der Waals surface area (Å²) in [4.78, 5) is 12.7. The normalized spacial score (nSPS) is 18.1. The summed E-state index contributed by atoms with van der Waals surface area (Å²) in [6.45, 7) is -0.215. The second-order valence-corrected chi connectivity index (χ2v) is 5.88. The van der Waals surface area contributed by atoms with E-state index in [0.29, 0.717) is 12.6 Å². The summed E-state index contributed by atoms with van der Waals surface area (Å²) in [6, 6.07) is 9.17. The van der Waals surface area contributed by atoms with Crippen molar-refractivity contribution < 1.29 is 13.5 Å². The Balaban J connectivity index is 1.58. The lowest BCUT2D eigenvalue weighted by atomic mass is 10.2. The van der Waals surface area contributed by atoms with Gasteiger partial charge >= 0.3 is 6.61 Å². The number of anilines is 1. The Morgan fingerprint density at radius 2 is 2.25 bits per heavy atom. The highest BCUT2D eigenvalue weighted by Crippen LogP contribution is 2.22. The molecule has 1 saturated heterocycles. The molecule has 5 nitrogen and oxygen atoms in total. The first-order valence-electron chi connectivity index (χ1n) is 7.87. The molecule has 1 aliphatic rings. The van der Waals surface area contributed by atoms with Crippen LogP contribution in [0.1, 0.15) is 12.0 Å². The standard InChI is InChI=1S/C17H20F2N4O/c1-22(16-5-7-20-12-21-16)14-6-8-23(11-14)10-13-3-2-4-15(9-13)24-17(18)19/h2-5,7,9,12,14,17H,6,8,10-11H2,1H3. The summed E-state index contributed by atoms with van der Waals surface area (Å²) in [6.07, 6.45) is 4.32. The molecule has 1 unspecified atom stereocenters. The fourth-order valence-corrected chi connectivity index (χ4v) is 3.03. The molecule has 1 aromatic heterocycles. The predicted octanol–water partition coefficient (Wildman–Crippen LogP) is 2.79. The Morgan fingerprint density at radius 3 is 3.00 bits per heavy atom. The van der Waals surface area contributed by atoms with Crippen LogP contribution < -0.4 is 9.64 Å². The van der Waals surface area contributed by atoms with Crippen molar-refractivity contribution in [2.45, 2.75) is 25.6 Å². The number of halogens is 2. The average molecular weight is 334 g/mol. The van der Waals surface area contributed by atoms with Gasteiger partial charge in [0.25, 0.3) is 0 Å². The molecule has 2 heterocycles.